The van der Waals surface area contributed by atoms with Gasteiger partial charge in [-0.2, -0.15) is 5.26 Å². The van der Waals surface area contributed by atoms with Crippen molar-refractivity contribution < 1.29 is 18.3 Å². The number of piperazine rings is 1. The molecule has 1 aromatic heterocycles. The van der Waals surface area contributed by atoms with E-state index in [1.165, 1.54) is 24.3 Å². The zero-order valence-corrected chi connectivity index (χ0v) is 19.5. The fraction of sp³-hybridized carbons (Fsp3) is 0.154. The summed E-state index contributed by atoms with van der Waals surface area (Å²) in [5.41, 5.74) is 1.50. The molecule has 0 bridgehead atoms. The van der Waals surface area contributed by atoms with Crippen molar-refractivity contribution in [2.24, 2.45) is 0 Å². The Balaban J connectivity index is 1.26. The van der Waals surface area contributed by atoms with Crippen LogP contribution < -0.4 is 25.6 Å². The van der Waals surface area contributed by atoms with E-state index >= 15 is 0 Å². The number of fused-ring (bicyclic) bond motifs is 1. The number of amides is 2. The van der Waals surface area contributed by atoms with Gasteiger partial charge in [0.1, 0.15) is 23.5 Å². The van der Waals surface area contributed by atoms with Gasteiger partial charge in [0.15, 0.2) is 11.6 Å². The van der Waals surface area contributed by atoms with Crippen LogP contribution in [0.4, 0.5) is 30.8 Å². The van der Waals surface area contributed by atoms with Crippen molar-refractivity contribution in [2.75, 3.05) is 41.7 Å². The molecule has 2 amide bonds. The SMILES string of the molecule is N#Cc1ccc(NC(=O)Nc2ccc(Oc3ccc4ncc(N5CCNCC5)nc4c3)c(F)c2)cc1F. The predicted octanol–water partition coefficient (Wildman–Crippen LogP) is 4.63. The Morgan fingerprint density at radius 2 is 1.70 bits per heavy atom. The average Bonchev–Trinajstić information content (AvgIpc) is 2.90. The summed E-state index contributed by atoms with van der Waals surface area (Å²) in [6, 6.07) is 13.8. The minimum atomic E-state index is -0.757. The molecule has 0 saturated carbocycles. The topological polar surface area (TPSA) is 115 Å². The molecule has 186 valence electrons. The van der Waals surface area contributed by atoms with Gasteiger partial charge in [-0.05, 0) is 42.5 Å². The molecule has 11 heteroatoms. The van der Waals surface area contributed by atoms with Crippen LogP contribution in [0, 0.1) is 23.0 Å². The van der Waals surface area contributed by atoms with Crippen molar-refractivity contribution in [3.8, 4) is 17.6 Å². The van der Waals surface area contributed by atoms with E-state index in [1.54, 1.807) is 30.5 Å². The normalized spacial score (nSPS) is 13.2. The van der Waals surface area contributed by atoms with Gasteiger partial charge in [-0.15, -0.1) is 0 Å². The van der Waals surface area contributed by atoms with Crippen LogP contribution >= 0.6 is 0 Å². The van der Waals surface area contributed by atoms with Gasteiger partial charge >= 0.3 is 6.03 Å². The number of hydrogen-bond donors (Lipinski definition) is 3. The van der Waals surface area contributed by atoms with Gasteiger partial charge < -0.3 is 25.6 Å². The van der Waals surface area contributed by atoms with Crippen molar-refractivity contribution in [1.82, 2.24) is 15.3 Å². The standard InChI is InChI=1S/C26H21F2N7O2/c27-20-11-17(2-1-16(20)14-29)32-26(36)33-18-3-6-24(21(28)12-18)37-19-4-5-22-23(13-19)34-25(15-31-22)35-9-7-30-8-10-35/h1-6,11-13,15,30H,7-10H2,(H2,32,33,36). The van der Waals surface area contributed by atoms with E-state index in [0.29, 0.717) is 16.8 Å². The Hall–Kier alpha value is -4.82. The highest BCUT2D eigenvalue weighted by Crippen LogP contribution is 2.29. The first-order chi connectivity index (χ1) is 18.0. The van der Waals surface area contributed by atoms with Crippen molar-refractivity contribution in [2.45, 2.75) is 0 Å². The Kier molecular flexibility index (Phi) is 6.74. The number of aromatic nitrogens is 2. The van der Waals surface area contributed by atoms with Crippen molar-refractivity contribution in [3.63, 3.8) is 0 Å². The number of nitrogens with one attached hydrogen (secondary N) is 3. The molecule has 1 aliphatic rings. The number of rotatable bonds is 5. The van der Waals surface area contributed by atoms with Gasteiger partial charge in [0.25, 0.3) is 0 Å². The van der Waals surface area contributed by atoms with Crippen molar-refractivity contribution in [1.29, 1.82) is 5.26 Å². The van der Waals surface area contributed by atoms with Crippen LogP contribution in [-0.4, -0.2) is 42.2 Å². The second-order valence-electron chi connectivity index (χ2n) is 8.25. The fourth-order valence-corrected chi connectivity index (χ4v) is 3.86. The highest BCUT2D eigenvalue weighted by Gasteiger charge is 2.14. The van der Waals surface area contributed by atoms with Gasteiger partial charge in [-0.1, -0.05) is 0 Å². The lowest BCUT2D eigenvalue weighted by molar-refractivity contribution is 0.262. The summed E-state index contributed by atoms with van der Waals surface area (Å²) in [4.78, 5) is 23.5. The number of nitriles is 1. The molecule has 0 atom stereocenters. The smallest absolute Gasteiger partial charge is 0.323 e. The lowest BCUT2D eigenvalue weighted by Gasteiger charge is -2.28. The third-order valence-electron chi connectivity index (χ3n) is 5.71. The maximum Gasteiger partial charge on any atom is 0.323 e. The van der Waals surface area contributed by atoms with E-state index in [9.17, 15) is 13.6 Å². The summed E-state index contributed by atoms with van der Waals surface area (Å²) in [5, 5.41) is 17.0. The number of nitrogens with zero attached hydrogens (tertiary/aromatic N) is 4. The quantitative estimate of drug-likeness (QED) is 0.365. The maximum absolute atomic E-state index is 14.8. The van der Waals surface area contributed by atoms with Gasteiger partial charge in [0.05, 0.1) is 22.8 Å². The molecule has 1 saturated heterocycles. The fourth-order valence-electron chi connectivity index (χ4n) is 3.86. The van der Waals surface area contributed by atoms with Gasteiger partial charge in [-0.3, -0.25) is 4.98 Å². The van der Waals surface area contributed by atoms with E-state index in [2.05, 4.69) is 30.8 Å². The summed E-state index contributed by atoms with van der Waals surface area (Å²) >= 11 is 0. The van der Waals surface area contributed by atoms with Gasteiger partial charge in [0, 0.05) is 49.7 Å². The molecule has 4 aromatic rings. The number of carbonyl (C=O) groups excluding carboxylic acids is 1. The third kappa shape index (κ3) is 5.55. The van der Waals surface area contributed by atoms with Crippen LogP contribution in [0.2, 0.25) is 0 Å². The minimum absolute atomic E-state index is 0.0364. The zero-order chi connectivity index (χ0) is 25.8. The third-order valence-corrected chi connectivity index (χ3v) is 5.71. The molecule has 0 spiro atoms. The summed E-state index contributed by atoms with van der Waals surface area (Å²) in [7, 11) is 0. The molecule has 5 rings (SSSR count). The van der Waals surface area contributed by atoms with Crippen LogP contribution in [0.5, 0.6) is 11.5 Å². The number of carbonyl (C=O) groups is 1. The Morgan fingerprint density at radius 3 is 2.41 bits per heavy atom. The Bertz CT molecular complexity index is 1520. The number of benzene rings is 3. The number of hydrogen-bond acceptors (Lipinski definition) is 7. The van der Waals surface area contributed by atoms with Crippen molar-refractivity contribution >= 4 is 34.3 Å². The molecule has 0 aliphatic carbocycles. The molecule has 0 unspecified atom stereocenters. The lowest BCUT2D eigenvalue weighted by atomic mass is 10.2. The van der Waals surface area contributed by atoms with Gasteiger partial charge in [0.2, 0.25) is 0 Å². The van der Waals surface area contributed by atoms with Crippen LogP contribution in [-0.2, 0) is 0 Å². The summed E-state index contributed by atoms with van der Waals surface area (Å²) in [6.45, 7) is 3.43. The predicted molar refractivity (Wildman–Crippen MR) is 135 cm³/mol. The second-order valence-corrected chi connectivity index (χ2v) is 8.25. The van der Waals surface area contributed by atoms with E-state index in [1.807, 2.05) is 0 Å². The summed E-state index contributed by atoms with van der Waals surface area (Å²) in [5.74, 6) is -0.324. The van der Waals surface area contributed by atoms with E-state index in [-0.39, 0.29) is 22.7 Å². The molecule has 37 heavy (non-hydrogen) atoms. The number of ether oxygens (including phenoxy) is 1. The van der Waals surface area contributed by atoms with Crippen LogP contribution in [0.1, 0.15) is 5.56 Å². The molecular weight excluding hydrogens is 480 g/mol. The molecule has 2 heterocycles. The molecule has 3 N–H and O–H groups in total. The minimum Gasteiger partial charge on any atom is -0.454 e. The first kappa shape index (κ1) is 23.9. The first-order valence-electron chi connectivity index (χ1n) is 11.5. The van der Waals surface area contributed by atoms with E-state index in [0.717, 1.165) is 44.1 Å². The van der Waals surface area contributed by atoms with Crippen LogP contribution in [0.25, 0.3) is 11.0 Å². The Labute approximate surface area is 210 Å². The van der Waals surface area contributed by atoms with Crippen LogP contribution in [0.15, 0.2) is 60.8 Å². The average molecular weight is 501 g/mol. The highest BCUT2D eigenvalue weighted by atomic mass is 19.1. The number of urea groups is 1. The monoisotopic (exact) mass is 501 g/mol. The second kappa shape index (κ2) is 10.4. The molecule has 3 aromatic carbocycles. The zero-order valence-electron chi connectivity index (χ0n) is 19.5. The first-order valence-corrected chi connectivity index (χ1v) is 11.5. The highest BCUT2D eigenvalue weighted by molar-refractivity contribution is 5.99. The Morgan fingerprint density at radius 1 is 0.973 bits per heavy atom. The largest absolute Gasteiger partial charge is 0.454 e. The van der Waals surface area contributed by atoms with Crippen molar-refractivity contribution in [3.05, 3.63) is 78.0 Å². The molecule has 9 nitrogen and oxygen atoms in total. The van der Waals surface area contributed by atoms with E-state index in [4.69, 9.17) is 10.00 Å². The summed E-state index contributed by atoms with van der Waals surface area (Å²) in [6.07, 6.45) is 1.74. The number of halogens is 2. The van der Waals surface area contributed by atoms with Gasteiger partial charge in [-0.25, -0.2) is 18.6 Å². The number of anilines is 3. The molecule has 0 radical (unpaired) electrons. The summed E-state index contributed by atoms with van der Waals surface area (Å²) < 4.78 is 34.2. The maximum atomic E-state index is 14.8. The lowest BCUT2D eigenvalue weighted by Crippen LogP contribution is -2.43. The molecular formula is C26H21F2N7O2. The molecule has 1 fully saturated rings. The van der Waals surface area contributed by atoms with Crippen LogP contribution in [0.3, 0.4) is 0 Å². The van der Waals surface area contributed by atoms with E-state index < -0.39 is 17.7 Å². The molecule has 1 aliphatic heterocycles.